The molecule has 7 heteroatoms. The SMILES string of the molecule is O=C1C[C@H](c2ccc(OCc3ccccc3Cl)cc2)c2c(nc(-c3ccccc3)[nH]c2=O)N1. The van der Waals surface area contributed by atoms with E-state index >= 15 is 0 Å². The molecule has 5 rings (SSSR count). The molecule has 0 spiro atoms. The maximum Gasteiger partial charge on any atom is 0.257 e. The van der Waals surface area contributed by atoms with Gasteiger partial charge in [0.25, 0.3) is 5.56 Å². The second kappa shape index (κ2) is 8.92. The fourth-order valence-corrected chi connectivity index (χ4v) is 4.15. The molecule has 164 valence electrons. The number of anilines is 1. The number of halogens is 1. The molecule has 3 aromatic carbocycles. The van der Waals surface area contributed by atoms with Gasteiger partial charge in [0.15, 0.2) is 0 Å². The molecule has 1 aliphatic rings. The van der Waals surface area contributed by atoms with Crippen molar-refractivity contribution in [3.63, 3.8) is 0 Å². The first-order chi connectivity index (χ1) is 16.1. The first kappa shape index (κ1) is 21.0. The van der Waals surface area contributed by atoms with Crippen molar-refractivity contribution in [3.8, 4) is 17.1 Å². The van der Waals surface area contributed by atoms with Gasteiger partial charge in [0.05, 0.1) is 5.56 Å². The number of aromatic amines is 1. The average Bonchev–Trinajstić information content (AvgIpc) is 2.83. The van der Waals surface area contributed by atoms with Crippen LogP contribution in [0.1, 0.15) is 29.0 Å². The fraction of sp³-hybridized carbons (Fsp3) is 0.115. The Morgan fingerprint density at radius 3 is 2.42 bits per heavy atom. The van der Waals surface area contributed by atoms with Crippen molar-refractivity contribution in [3.05, 3.63) is 111 Å². The maximum atomic E-state index is 13.0. The van der Waals surface area contributed by atoms with Gasteiger partial charge in [0, 0.05) is 28.5 Å². The van der Waals surface area contributed by atoms with Crippen LogP contribution >= 0.6 is 11.6 Å². The number of nitrogens with one attached hydrogen (secondary N) is 2. The van der Waals surface area contributed by atoms with Gasteiger partial charge in [-0.15, -0.1) is 0 Å². The van der Waals surface area contributed by atoms with E-state index in [-0.39, 0.29) is 17.9 Å². The average molecular weight is 458 g/mol. The molecule has 2 heterocycles. The fourth-order valence-electron chi connectivity index (χ4n) is 3.96. The summed E-state index contributed by atoms with van der Waals surface area (Å²) in [6.07, 6.45) is 0.169. The van der Waals surface area contributed by atoms with Crippen LogP contribution in [0, 0.1) is 0 Å². The summed E-state index contributed by atoms with van der Waals surface area (Å²) in [6.45, 7) is 0.347. The van der Waals surface area contributed by atoms with Crippen molar-refractivity contribution in [2.24, 2.45) is 0 Å². The normalized spacial score (nSPS) is 14.9. The zero-order valence-electron chi connectivity index (χ0n) is 17.5. The molecular weight excluding hydrogens is 438 g/mol. The van der Waals surface area contributed by atoms with Crippen molar-refractivity contribution in [1.29, 1.82) is 0 Å². The predicted molar refractivity (Wildman–Crippen MR) is 128 cm³/mol. The standard InChI is InChI=1S/C26H20ClN3O3/c27-21-9-5-4-8-18(21)15-33-19-12-10-16(11-13-19)20-14-22(31)28-25-23(20)26(32)30-24(29-25)17-6-2-1-3-7-17/h1-13,20H,14-15H2,(H2,28,29,30,31,32)/t20-/m1/s1. The summed E-state index contributed by atoms with van der Waals surface area (Å²) in [4.78, 5) is 32.8. The molecule has 4 aromatic rings. The van der Waals surface area contributed by atoms with Crippen LogP contribution < -0.4 is 15.6 Å². The molecule has 0 aliphatic carbocycles. The number of hydrogen-bond acceptors (Lipinski definition) is 4. The van der Waals surface area contributed by atoms with Gasteiger partial charge in [0.1, 0.15) is 24.0 Å². The van der Waals surface area contributed by atoms with Gasteiger partial charge in [-0.3, -0.25) is 9.59 Å². The molecule has 6 nitrogen and oxygen atoms in total. The second-order valence-corrected chi connectivity index (χ2v) is 8.20. The van der Waals surface area contributed by atoms with Crippen LogP contribution in [0.15, 0.2) is 83.7 Å². The van der Waals surface area contributed by atoms with Crippen molar-refractivity contribution in [2.45, 2.75) is 18.9 Å². The number of carbonyl (C=O) groups is 1. The Morgan fingerprint density at radius 1 is 0.939 bits per heavy atom. The van der Waals surface area contributed by atoms with Gasteiger partial charge in [0.2, 0.25) is 5.91 Å². The summed E-state index contributed by atoms with van der Waals surface area (Å²) in [7, 11) is 0. The smallest absolute Gasteiger partial charge is 0.257 e. The number of ether oxygens (including phenoxy) is 1. The van der Waals surface area contributed by atoms with Crippen molar-refractivity contribution in [2.75, 3.05) is 5.32 Å². The Balaban J connectivity index is 1.42. The minimum atomic E-state index is -0.396. The predicted octanol–water partition coefficient (Wildman–Crippen LogP) is 5.14. The van der Waals surface area contributed by atoms with E-state index in [9.17, 15) is 9.59 Å². The zero-order valence-corrected chi connectivity index (χ0v) is 18.3. The van der Waals surface area contributed by atoms with Gasteiger partial charge in [-0.1, -0.05) is 72.3 Å². The lowest BCUT2D eigenvalue weighted by Crippen LogP contribution is -2.31. The van der Waals surface area contributed by atoms with E-state index in [0.717, 1.165) is 16.7 Å². The topological polar surface area (TPSA) is 84.1 Å². The van der Waals surface area contributed by atoms with Gasteiger partial charge < -0.3 is 15.0 Å². The van der Waals surface area contributed by atoms with Crippen LogP contribution in [0.5, 0.6) is 5.75 Å². The van der Waals surface area contributed by atoms with E-state index < -0.39 is 5.92 Å². The molecule has 0 radical (unpaired) electrons. The molecule has 0 bridgehead atoms. The lowest BCUT2D eigenvalue weighted by molar-refractivity contribution is -0.116. The Bertz CT molecular complexity index is 1370. The lowest BCUT2D eigenvalue weighted by Gasteiger charge is -2.24. The quantitative estimate of drug-likeness (QED) is 0.434. The minimum Gasteiger partial charge on any atom is -0.489 e. The number of H-pyrrole nitrogens is 1. The summed E-state index contributed by atoms with van der Waals surface area (Å²) in [5, 5.41) is 3.41. The third-order valence-corrected chi connectivity index (χ3v) is 6.00. The summed E-state index contributed by atoms with van der Waals surface area (Å²) < 4.78 is 5.85. The molecule has 1 aliphatic heterocycles. The van der Waals surface area contributed by atoms with E-state index in [1.54, 1.807) is 0 Å². The summed E-state index contributed by atoms with van der Waals surface area (Å²) >= 11 is 6.19. The summed E-state index contributed by atoms with van der Waals surface area (Å²) in [5.41, 5.74) is 2.71. The number of rotatable bonds is 5. The third kappa shape index (κ3) is 4.38. The van der Waals surface area contributed by atoms with Gasteiger partial charge >= 0.3 is 0 Å². The highest BCUT2D eigenvalue weighted by atomic mass is 35.5. The molecule has 2 N–H and O–H groups in total. The zero-order chi connectivity index (χ0) is 22.8. The largest absolute Gasteiger partial charge is 0.489 e. The molecule has 0 unspecified atom stereocenters. The Kier molecular flexibility index (Phi) is 5.67. The van der Waals surface area contributed by atoms with Gasteiger partial charge in [-0.25, -0.2) is 4.98 Å². The number of amides is 1. The highest BCUT2D eigenvalue weighted by Gasteiger charge is 2.31. The number of fused-ring (bicyclic) bond motifs is 1. The number of carbonyl (C=O) groups excluding carboxylic acids is 1. The Labute approximate surface area is 195 Å². The number of aromatic nitrogens is 2. The van der Waals surface area contributed by atoms with Crippen molar-refractivity contribution in [1.82, 2.24) is 9.97 Å². The van der Waals surface area contributed by atoms with Crippen molar-refractivity contribution >= 4 is 23.3 Å². The monoisotopic (exact) mass is 457 g/mol. The highest BCUT2D eigenvalue weighted by molar-refractivity contribution is 6.31. The summed E-state index contributed by atoms with van der Waals surface area (Å²) in [5.74, 6) is 0.822. The van der Waals surface area contributed by atoms with Gasteiger partial charge in [-0.05, 0) is 23.8 Å². The molecule has 1 atom stereocenters. The first-order valence-electron chi connectivity index (χ1n) is 10.5. The second-order valence-electron chi connectivity index (χ2n) is 7.80. The van der Waals surface area contributed by atoms with Crippen LogP contribution in [0.25, 0.3) is 11.4 Å². The van der Waals surface area contributed by atoms with E-state index in [1.807, 2.05) is 78.9 Å². The molecule has 1 aromatic heterocycles. The van der Waals surface area contributed by atoms with Crippen molar-refractivity contribution < 1.29 is 9.53 Å². The van der Waals surface area contributed by atoms with Crippen LogP contribution in [0.4, 0.5) is 5.82 Å². The lowest BCUT2D eigenvalue weighted by atomic mass is 9.87. The van der Waals surface area contributed by atoms with Crippen LogP contribution in [-0.4, -0.2) is 15.9 Å². The third-order valence-electron chi connectivity index (χ3n) is 5.63. The summed E-state index contributed by atoms with van der Waals surface area (Å²) in [6, 6.07) is 24.3. The Hall–Kier alpha value is -3.90. The molecule has 1 amide bonds. The van der Waals surface area contributed by atoms with E-state index in [2.05, 4.69) is 15.3 Å². The van der Waals surface area contributed by atoms with Crippen LogP contribution in [0.3, 0.4) is 0 Å². The molecule has 0 saturated carbocycles. The highest BCUT2D eigenvalue weighted by Crippen LogP contribution is 2.35. The van der Waals surface area contributed by atoms with E-state index in [0.29, 0.717) is 34.6 Å². The van der Waals surface area contributed by atoms with Crippen LogP contribution in [-0.2, 0) is 11.4 Å². The van der Waals surface area contributed by atoms with Gasteiger partial charge in [-0.2, -0.15) is 0 Å². The first-order valence-corrected chi connectivity index (χ1v) is 10.9. The van der Waals surface area contributed by atoms with E-state index in [4.69, 9.17) is 16.3 Å². The van der Waals surface area contributed by atoms with Crippen LogP contribution in [0.2, 0.25) is 5.02 Å². The minimum absolute atomic E-state index is 0.169. The molecule has 0 fully saturated rings. The number of hydrogen-bond donors (Lipinski definition) is 2. The Morgan fingerprint density at radius 2 is 1.67 bits per heavy atom. The number of nitrogens with zero attached hydrogens (tertiary/aromatic N) is 1. The molecular formula is C26H20ClN3O3. The molecule has 33 heavy (non-hydrogen) atoms. The molecule has 0 saturated heterocycles. The number of benzene rings is 3. The van der Waals surface area contributed by atoms with E-state index in [1.165, 1.54) is 0 Å². The maximum absolute atomic E-state index is 13.0.